The molecular weight excluding hydrogens is 256 g/mol. The van der Waals surface area contributed by atoms with Crippen LogP contribution in [0.3, 0.4) is 0 Å². The van der Waals surface area contributed by atoms with E-state index in [1.807, 2.05) is 0 Å². The minimum absolute atomic E-state index is 0.119. The first-order chi connectivity index (χ1) is 9.65. The maximum atomic E-state index is 11.9. The molecule has 2 rings (SSSR count). The summed E-state index contributed by atoms with van der Waals surface area (Å²) in [7, 11) is 0. The highest BCUT2D eigenvalue weighted by Gasteiger charge is 2.18. The minimum atomic E-state index is -0.580. The van der Waals surface area contributed by atoms with E-state index in [9.17, 15) is 9.90 Å². The van der Waals surface area contributed by atoms with E-state index in [-0.39, 0.29) is 17.8 Å². The van der Waals surface area contributed by atoms with E-state index >= 15 is 0 Å². The Hall–Kier alpha value is -1.59. The van der Waals surface area contributed by atoms with Crippen molar-refractivity contribution in [3.63, 3.8) is 0 Å². The standard InChI is InChI=1S/C15H22N2O3/c16-14(9-11-4-6-12(18)7-5-11)15(19)17-10-13-3-1-2-8-20-13/h4-7,13-14,18H,1-3,8-10,16H2,(H,17,19)/t13?,14-/m1/s1. The maximum absolute atomic E-state index is 11.9. The number of rotatable bonds is 5. The number of hydrogen-bond donors (Lipinski definition) is 3. The van der Waals surface area contributed by atoms with Gasteiger partial charge in [-0.05, 0) is 43.4 Å². The fourth-order valence-corrected chi connectivity index (χ4v) is 2.29. The number of carbonyl (C=O) groups is 1. The average Bonchev–Trinajstić information content (AvgIpc) is 2.48. The molecular formula is C15H22N2O3. The number of hydrogen-bond acceptors (Lipinski definition) is 4. The summed E-state index contributed by atoms with van der Waals surface area (Å²) in [6.45, 7) is 1.31. The van der Waals surface area contributed by atoms with E-state index in [0.717, 1.165) is 31.4 Å². The highest BCUT2D eigenvalue weighted by Crippen LogP contribution is 2.12. The smallest absolute Gasteiger partial charge is 0.237 e. The molecule has 1 amide bonds. The summed E-state index contributed by atoms with van der Waals surface area (Å²) in [6.07, 6.45) is 3.82. The molecule has 1 unspecified atom stereocenters. The van der Waals surface area contributed by atoms with Crippen LogP contribution in [0.2, 0.25) is 0 Å². The Morgan fingerprint density at radius 3 is 2.80 bits per heavy atom. The Morgan fingerprint density at radius 2 is 2.15 bits per heavy atom. The van der Waals surface area contributed by atoms with Gasteiger partial charge in [0, 0.05) is 13.2 Å². The van der Waals surface area contributed by atoms with E-state index in [0.29, 0.717) is 13.0 Å². The Morgan fingerprint density at radius 1 is 1.40 bits per heavy atom. The molecule has 0 aliphatic carbocycles. The first kappa shape index (κ1) is 14.8. The molecule has 1 saturated heterocycles. The molecule has 1 aliphatic rings. The second-order valence-electron chi connectivity index (χ2n) is 5.21. The van der Waals surface area contributed by atoms with Gasteiger partial charge < -0.3 is 20.9 Å². The summed E-state index contributed by atoms with van der Waals surface area (Å²) < 4.78 is 5.56. The zero-order valence-corrected chi connectivity index (χ0v) is 11.5. The van der Waals surface area contributed by atoms with E-state index in [1.165, 1.54) is 0 Å². The fraction of sp³-hybridized carbons (Fsp3) is 0.533. The number of phenolic OH excluding ortho intramolecular Hbond substituents is 1. The van der Waals surface area contributed by atoms with Gasteiger partial charge in [-0.15, -0.1) is 0 Å². The van der Waals surface area contributed by atoms with E-state index < -0.39 is 6.04 Å². The summed E-state index contributed by atoms with van der Waals surface area (Å²) >= 11 is 0. The zero-order valence-electron chi connectivity index (χ0n) is 11.5. The molecule has 0 radical (unpaired) electrons. The lowest BCUT2D eigenvalue weighted by Gasteiger charge is -2.23. The SMILES string of the molecule is N[C@H](Cc1ccc(O)cc1)C(=O)NCC1CCCCO1. The molecule has 1 aromatic carbocycles. The van der Waals surface area contributed by atoms with Crippen LogP contribution in [0.25, 0.3) is 0 Å². The molecule has 5 heteroatoms. The predicted molar refractivity (Wildman–Crippen MR) is 76.4 cm³/mol. The van der Waals surface area contributed by atoms with Gasteiger partial charge in [0.25, 0.3) is 0 Å². The van der Waals surface area contributed by atoms with Gasteiger partial charge in [0.15, 0.2) is 0 Å². The van der Waals surface area contributed by atoms with Crippen LogP contribution in [-0.2, 0) is 16.0 Å². The van der Waals surface area contributed by atoms with Crippen LogP contribution in [0.5, 0.6) is 5.75 Å². The van der Waals surface area contributed by atoms with E-state index in [1.54, 1.807) is 24.3 Å². The van der Waals surface area contributed by atoms with Crippen molar-refractivity contribution >= 4 is 5.91 Å². The van der Waals surface area contributed by atoms with Crippen molar-refractivity contribution in [1.82, 2.24) is 5.32 Å². The highest BCUT2D eigenvalue weighted by molar-refractivity contribution is 5.81. The number of carbonyl (C=O) groups excluding carboxylic acids is 1. The van der Waals surface area contributed by atoms with Crippen molar-refractivity contribution in [3.8, 4) is 5.75 Å². The van der Waals surface area contributed by atoms with Crippen molar-refractivity contribution in [2.75, 3.05) is 13.2 Å². The third kappa shape index (κ3) is 4.51. The molecule has 2 atom stereocenters. The van der Waals surface area contributed by atoms with Crippen LogP contribution in [0.15, 0.2) is 24.3 Å². The molecule has 1 aliphatic heterocycles. The summed E-state index contributed by atoms with van der Waals surface area (Å²) in [4.78, 5) is 11.9. The summed E-state index contributed by atoms with van der Waals surface area (Å²) in [5, 5.41) is 12.0. The Labute approximate surface area is 119 Å². The van der Waals surface area contributed by atoms with Crippen LogP contribution in [0.4, 0.5) is 0 Å². The molecule has 0 bridgehead atoms. The van der Waals surface area contributed by atoms with Crippen molar-refractivity contribution in [2.45, 2.75) is 37.8 Å². The van der Waals surface area contributed by atoms with Gasteiger partial charge in [0.05, 0.1) is 12.1 Å². The largest absolute Gasteiger partial charge is 0.508 e. The Bertz CT molecular complexity index is 427. The first-order valence-corrected chi connectivity index (χ1v) is 7.08. The second-order valence-corrected chi connectivity index (χ2v) is 5.21. The van der Waals surface area contributed by atoms with Crippen LogP contribution in [-0.4, -0.2) is 36.3 Å². The molecule has 1 heterocycles. The molecule has 20 heavy (non-hydrogen) atoms. The summed E-state index contributed by atoms with van der Waals surface area (Å²) in [5.74, 6) is 0.0495. The highest BCUT2D eigenvalue weighted by atomic mass is 16.5. The number of nitrogens with two attached hydrogens (primary N) is 1. The average molecular weight is 278 g/mol. The van der Waals surface area contributed by atoms with E-state index in [2.05, 4.69) is 5.32 Å². The molecule has 0 spiro atoms. The van der Waals surface area contributed by atoms with Crippen molar-refractivity contribution in [1.29, 1.82) is 0 Å². The molecule has 0 aromatic heterocycles. The molecule has 0 saturated carbocycles. The predicted octanol–water partition coefficient (Wildman–Crippen LogP) is 0.947. The van der Waals surface area contributed by atoms with Crippen molar-refractivity contribution in [3.05, 3.63) is 29.8 Å². The van der Waals surface area contributed by atoms with Crippen molar-refractivity contribution in [2.24, 2.45) is 5.73 Å². The quantitative estimate of drug-likeness (QED) is 0.748. The van der Waals surface area contributed by atoms with Gasteiger partial charge >= 0.3 is 0 Å². The monoisotopic (exact) mass is 278 g/mol. The third-order valence-electron chi connectivity index (χ3n) is 3.51. The van der Waals surface area contributed by atoms with Crippen LogP contribution < -0.4 is 11.1 Å². The molecule has 5 nitrogen and oxygen atoms in total. The minimum Gasteiger partial charge on any atom is -0.508 e. The zero-order chi connectivity index (χ0) is 14.4. The summed E-state index contributed by atoms with van der Waals surface area (Å²) in [6, 6.07) is 6.15. The van der Waals surface area contributed by atoms with Crippen LogP contribution >= 0.6 is 0 Å². The number of ether oxygens (including phenoxy) is 1. The number of nitrogens with one attached hydrogen (secondary N) is 1. The van der Waals surface area contributed by atoms with Gasteiger partial charge in [0.2, 0.25) is 5.91 Å². The van der Waals surface area contributed by atoms with Crippen LogP contribution in [0.1, 0.15) is 24.8 Å². The second kappa shape index (κ2) is 7.26. The van der Waals surface area contributed by atoms with Gasteiger partial charge in [-0.2, -0.15) is 0 Å². The van der Waals surface area contributed by atoms with E-state index in [4.69, 9.17) is 10.5 Å². The third-order valence-corrected chi connectivity index (χ3v) is 3.51. The molecule has 4 N–H and O–H groups in total. The number of phenols is 1. The van der Waals surface area contributed by atoms with Crippen molar-refractivity contribution < 1.29 is 14.6 Å². The van der Waals surface area contributed by atoms with Gasteiger partial charge in [-0.1, -0.05) is 12.1 Å². The summed E-state index contributed by atoms with van der Waals surface area (Å²) in [5.41, 5.74) is 6.82. The van der Waals surface area contributed by atoms with Gasteiger partial charge in [0.1, 0.15) is 5.75 Å². The Kier molecular flexibility index (Phi) is 5.38. The molecule has 1 fully saturated rings. The molecule has 1 aromatic rings. The number of amides is 1. The Balaban J connectivity index is 1.75. The number of benzene rings is 1. The van der Waals surface area contributed by atoms with Gasteiger partial charge in [-0.3, -0.25) is 4.79 Å². The lowest BCUT2D eigenvalue weighted by molar-refractivity contribution is -0.123. The number of aromatic hydroxyl groups is 1. The van der Waals surface area contributed by atoms with Crippen LogP contribution in [0, 0.1) is 0 Å². The fourth-order valence-electron chi connectivity index (χ4n) is 2.29. The normalized spacial score (nSPS) is 20.4. The topological polar surface area (TPSA) is 84.6 Å². The first-order valence-electron chi connectivity index (χ1n) is 7.08. The molecule has 110 valence electrons. The van der Waals surface area contributed by atoms with Gasteiger partial charge in [-0.25, -0.2) is 0 Å². The maximum Gasteiger partial charge on any atom is 0.237 e. The lowest BCUT2D eigenvalue weighted by atomic mass is 10.1. The lowest BCUT2D eigenvalue weighted by Crippen LogP contribution is -2.45.